The van der Waals surface area contributed by atoms with Gasteiger partial charge in [0, 0.05) is 12.8 Å². The van der Waals surface area contributed by atoms with Crippen molar-refractivity contribution < 1.29 is 24.9 Å². The normalized spacial score (nSPS) is 14.5. The molecule has 0 aliphatic heterocycles. The Bertz CT molecular complexity index is 451. The lowest BCUT2D eigenvalue weighted by atomic mass is 10.1. The molecule has 3 N–H and O–H groups in total. The number of rotatable bonds is 15. The molecular weight excluding hydrogens is 320 g/mol. The smallest absolute Gasteiger partial charge is 0.303 e. The molecule has 0 fully saturated rings. The van der Waals surface area contributed by atoms with Gasteiger partial charge in [-0.25, -0.2) is 0 Å². The maximum Gasteiger partial charge on any atom is 0.303 e. The van der Waals surface area contributed by atoms with E-state index in [2.05, 4.69) is 19.1 Å². The summed E-state index contributed by atoms with van der Waals surface area (Å²) < 4.78 is 0. The average molecular weight is 352 g/mol. The summed E-state index contributed by atoms with van der Waals surface area (Å²) >= 11 is 0. The molecule has 5 nitrogen and oxygen atoms in total. The summed E-state index contributed by atoms with van der Waals surface area (Å²) in [5, 5.41) is 27.9. The molecule has 0 spiro atoms. The minimum atomic E-state index is -1.16. The Morgan fingerprint density at radius 1 is 1.00 bits per heavy atom. The van der Waals surface area contributed by atoms with Crippen molar-refractivity contribution in [2.45, 2.75) is 76.9 Å². The molecule has 0 aromatic heterocycles. The van der Waals surface area contributed by atoms with Gasteiger partial charge >= 0.3 is 5.97 Å². The fourth-order valence-corrected chi connectivity index (χ4v) is 2.14. The molecule has 25 heavy (non-hydrogen) atoms. The highest BCUT2D eigenvalue weighted by molar-refractivity contribution is 5.90. The van der Waals surface area contributed by atoms with Crippen molar-refractivity contribution in [1.29, 1.82) is 0 Å². The molecule has 0 heterocycles. The summed E-state index contributed by atoms with van der Waals surface area (Å²) in [5.41, 5.74) is 0. The molecule has 2 unspecified atom stereocenters. The number of carboxylic acids is 1. The van der Waals surface area contributed by atoms with Crippen LogP contribution in [0.3, 0.4) is 0 Å². The van der Waals surface area contributed by atoms with Crippen molar-refractivity contribution in [2.24, 2.45) is 0 Å². The van der Waals surface area contributed by atoms with Crippen LogP contribution in [0.4, 0.5) is 0 Å². The highest BCUT2D eigenvalue weighted by Crippen LogP contribution is 2.07. The van der Waals surface area contributed by atoms with Crippen LogP contribution < -0.4 is 0 Å². The van der Waals surface area contributed by atoms with Gasteiger partial charge in [-0.05, 0) is 38.2 Å². The highest BCUT2D eigenvalue weighted by atomic mass is 16.4. The first kappa shape index (κ1) is 23.3. The van der Waals surface area contributed by atoms with Gasteiger partial charge in [-0.15, -0.1) is 0 Å². The number of carboxylic acid groups (broad SMARTS) is 1. The van der Waals surface area contributed by atoms with Crippen LogP contribution >= 0.6 is 0 Å². The molecule has 0 rings (SSSR count). The van der Waals surface area contributed by atoms with E-state index in [-0.39, 0.29) is 31.5 Å². The Labute approximate surface area is 150 Å². The Morgan fingerprint density at radius 2 is 1.72 bits per heavy atom. The van der Waals surface area contributed by atoms with Crippen LogP contribution in [0, 0.1) is 0 Å². The summed E-state index contributed by atoms with van der Waals surface area (Å²) in [7, 11) is 0. The van der Waals surface area contributed by atoms with Gasteiger partial charge in [0.1, 0.15) is 0 Å². The van der Waals surface area contributed by atoms with Gasteiger partial charge in [-0.2, -0.15) is 0 Å². The largest absolute Gasteiger partial charge is 0.481 e. The molecular formula is C20H32O5. The molecule has 0 aromatic rings. The van der Waals surface area contributed by atoms with Crippen LogP contribution in [0.15, 0.2) is 36.5 Å². The number of hydrogen-bond acceptors (Lipinski definition) is 4. The van der Waals surface area contributed by atoms with E-state index in [1.165, 1.54) is 31.4 Å². The lowest BCUT2D eigenvalue weighted by Crippen LogP contribution is -2.24. The molecule has 0 aliphatic rings. The lowest BCUT2D eigenvalue weighted by molar-refractivity contribution is -0.137. The highest BCUT2D eigenvalue weighted by Gasteiger charge is 2.13. The first-order valence-corrected chi connectivity index (χ1v) is 9.06. The minimum absolute atomic E-state index is 0.0513. The quantitative estimate of drug-likeness (QED) is 0.238. The predicted molar refractivity (Wildman–Crippen MR) is 99.3 cm³/mol. The van der Waals surface area contributed by atoms with Gasteiger partial charge in [0.25, 0.3) is 0 Å². The number of allylic oxidation sites excluding steroid dienone is 5. The number of ketones is 1. The Hall–Kier alpha value is -1.72. The Morgan fingerprint density at radius 3 is 2.40 bits per heavy atom. The lowest BCUT2D eigenvalue weighted by Gasteiger charge is -2.13. The maximum absolute atomic E-state index is 11.7. The standard InChI is InChI=1S/C20H32O5/c1-2-3-4-5-6-7-8-9-10-12-17(21)15-16-19(23)18(22)13-11-14-20(24)25/h6-7,9-10,15-16,18-19,22-23H,2-5,8,11-14H2,1H3,(H,24,25)/b7-6-,10-9-,16-15+. The molecule has 0 saturated carbocycles. The van der Waals surface area contributed by atoms with Crippen molar-refractivity contribution in [1.82, 2.24) is 0 Å². The van der Waals surface area contributed by atoms with Gasteiger partial charge in [0.05, 0.1) is 12.2 Å². The third kappa shape index (κ3) is 15.5. The average Bonchev–Trinajstić information content (AvgIpc) is 2.57. The van der Waals surface area contributed by atoms with Crippen LogP contribution in [0.2, 0.25) is 0 Å². The first-order valence-electron chi connectivity index (χ1n) is 9.06. The fourth-order valence-electron chi connectivity index (χ4n) is 2.14. The van der Waals surface area contributed by atoms with E-state index in [1.54, 1.807) is 6.08 Å². The summed E-state index contributed by atoms with van der Waals surface area (Å²) in [6.45, 7) is 2.18. The zero-order valence-electron chi connectivity index (χ0n) is 15.1. The number of aliphatic hydroxyl groups is 2. The van der Waals surface area contributed by atoms with Crippen LogP contribution in [0.25, 0.3) is 0 Å². The Balaban J connectivity index is 3.90. The van der Waals surface area contributed by atoms with E-state index >= 15 is 0 Å². The number of aliphatic carboxylic acids is 1. The van der Waals surface area contributed by atoms with Crippen molar-refractivity contribution in [3.05, 3.63) is 36.5 Å². The summed E-state index contributed by atoms with van der Waals surface area (Å²) in [4.78, 5) is 22.0. The number of aliphatic hydroxyl groups excluding tert-OH is 2. The molecule has 0 radical (unpaired) electrons. The van der Waals surface area contributed by atoms with Gasteiger partial charge < -0.3 is 15.3 Å². The van der Waals surface area contributed by atoms with Crippen molar-refractivity contribution in [2.75, 3.05) is 0 Å². The van der Waals surface area contributed by atoms with Gasteiger partial charge in [0.2, 0.25) is 0 Å². The SMILES string of the molecule is CCCCC/C=C\C/C=C\CC(=O)/C=C/C(O)C(O)CCCC(=O)O. The topological polar surface area (TPSA) is 94.8 Å². The van der Waals surface area contributed by atoms with E-state index in [4.69, 9.17) is 5.11 Å². The number of unbranched alkanes of at least 4 members (excludes halogenated alkanes) is 3. The number of carbonyl (C=O) groups excluding carboxylic acids is 1. The molecule has 0 bridgehead atoms. The molecule has 0 saturated heterocycles. The molecule has 5 heteroatoms. The minimum Gasteiger partial charge on any atom is -0.481 e. The van der Waals surface area contributed by atoms with Gasteiger partial charge in [0.15, 0.2) is 5.78 Å². The van der Waals surface area contributed by atoms with E-state index in [1.807, 2.05) is 6.08 Å². The molecule has 2 atom stereocenters. The van der Waals surface area contributed by atoms with Crippen LogP contribution in [-0.2, 0) is 9.59 Å². The second-order valence-electron chi connectivity index (χ2n) is 6.05. The van der Waals surface area contributed by atoms with E-state index in [9.17, 15) is 19.8 Å². The Kier molecular flexibility index (Phi) is 14.7. The van der Waals surface area contributed by atoms with E-state index < -0.39 is 18.2 Å². The van der Waals surface area contributed by atoms with Crippen LogP contribution in [-0.4, -0.2) is 39.3 Å². The zero-order valence-corrected chi connectivity index (χ0v) is 15.1. The first-order chi connectivity index (χ1) is 12.0. The van der Waals surface area contributed by atoms with Crippen LogP contribution in [0.5, 0.6) is 0 Å². The number of carbonyl (C=O) groups is 2. The second kappa shape index (κ2) is 15.8. The van der Waals surface area contributed by atoms with Crippen LogP contribution in [0.1, 0.15) is 64.7 Å². The predicted octanol–water partition coefficient (Wildman–Crippen LogP) is 3.56. The number of hydrogen-bond donors (Lipinski definition) is 3. The summed E-state index contributed by atoms with van der Waals surface area (Å²) in [6, 6.07) is 0. The maximum atomic E-state index is 11.7. The van der Waals surface area contributed by atoms with Crippen molar-refractivity contribution in [3.8, 4) is 0 Å². The van der Waals surface area contributed by atoms with Crippen molar-refractivity contribution >= 4 is 11.8 Å². The third-order valence-electron chi connectivity index (χ3n) is 3.66. The summed E-state index contributed by atoms with van der Waals surface area (Å²) in [6.07, 6.45) is 14.5. The monoisotopic (exact) mass is 352 g/mol. The van der Waals surface area contributed by atoms with Crippen molar-refractivity contribution in [3.63, 3.8) is 0 Å². The van der Waals surface area contributed by atoms with E-state index in [0.717, 1.165) is 12.8 Å². The van der Waals surface area contributed by atoms with Gasteiger partial charge in [-0.1, -0.05) is 50.1 Å². The third-order valence-corrected chi connectivity index (χ3v) is 3.66. The molecule has 0 amide bonds. The zero-order chi connectivity index (χ0) is 18.9. The molecule has 142 valence electrons. The fraction of sp³-hybridized carbons (Fsp3) is 0.600. The summed E-state index contributed by atoms with van der Waals surface area (Å²) in [5.74, 6) is -1.09. The van der Waals surface area contributed by atoms with Gasteiger partial charge in [-0.3, -0.25) is 9.59 Å². The molecule has 0 aromatic carbocycles. The van der Waals surface area contributed by atoms with E-state index in [0.29, 0.717) is 0 Å². The second-order valence-corrected chi connectivity index (χ2v) is 6.05. The molecule has 0 aliphatic carbocycles.